The third-order valence-electron chi connectivity index (χ3n) is 8.97. The SMILES string of the molecule is c1ccc(N(c2ccccc2)c2ccc3c(c2)c2cccc4c5ccccc5c5ccccc5c5cccc3c5c42)cc1. The molecule has 0 atom stereocenters. The molecule has 0 aliphatic rings. The van der Waals surface area contributed by atoms with Gasteiger partial charge in [0.05, 0.1) is 0 Å². The summed E-state index contributed by atoms with van der Waals surface area (Å²) in [7, 11) is 0. The minimum atomic E-state index is 1.14. The molecule has 0 radical (unpaired) electrons. The summed E-state index contributed by atoms with van der Waals surface area (Å²) in [6.45, 7) is 0. The molecule has 43 heavy (non-hydrogen) atoms. The minimum absolute atomic E-state index is 1.14. The van der Waals surface area contributed by atoms with Gasteiger partial charge in [0.1, 0.15) is 0 Å². The zero-order valence-corrected chi connectivity index (χ0v) is 23.5. The molecule has 0 saturated carbocycles. The first-order valence-corrected chi connectivity index (χ1v) is 14.9. The van der Waals surface area contributed by atoms with E-state index in [9.17, 15) is 0 Å². The summed E-state index contributed by atoms with van der Waals surface area (Å²) in [5.41, 5.74) is 3.42. The number of hydrogen-bond acceptors (Lipinski definition) is 1. The number of hydrogen-bond donors (Lipinski definition) is 0. The lowest BCUT2D eigenvalue weighted by Gasteiger charge is -2.26. The quantitative estimate of drug-likeness (QED) is 0.200. The highest BCUT2D eigenvalue weighted by atomic mass is 15.1. The van der Waals surface area contributed by atoms with Crippen LogP contribution in [-0.4, -0.2) is 0 Å². The van der Waals surface area contributed by atoms with Crippen LogP contribution in [0.1, 0.15) is 0 Å². The normalized spacial score (nSPS) is 11.7. The first-order valence-electron chi connectivity index (χ1n) is 14.9. The molecule has 0 aliphatic heterocycles. The molecular weight excluding hydrogens is 518 g/mol. The van der Waals surface area contributed by atoms with Gasteiger partial charge < -0.3 is 4.90 Å². The van der Waals surface area contributed by atoms with Crippen molar-refractivity contribution in [3.05, 3.63) is 164 Å². The van der Waals surface area contributed by atoms with Crippen molar-refractivity contribution in [2.45, 2.75) is 0 Å². The predicted octanol–water partition coefficient (Wildman–Crippen LogP) is 12.1. The number of nitrogens with zero attached hydrogens (tertiary/aromatic N) is 1. The molecule has 1 nitrogen and oxygen atoms in total. The Bertz CT molecular complexity index is 2460. The van der Waals surface area contributed by atoms with E-state index in [1.165, 1.54) is 64.6 Å². The Hall–Kier alpha value is -5.66. The van der Waals surface area contributed by atoms with Gasteiger partial charge in [-0.1, -0.05) is 127 Å². The molecule has 0 N–H and O–H groups in total. The van der Waals surface area contributed by atoms with Gasteiger partial charge in [-0.2, -0.15) is 0 Å². The van der Waals surface area contributed by atoms with Crippen LogP contribution in [0.2, 0.25) is 0 Å². The molecule has 0 heterocycles. The van der Waals surface area contributed by atoms with Crippen molar-refractivity contribution in [2.75, 3.05) is 4.90 Å². The van der Waals surface area contributed by atoms with Crippen LogP contribution in [-0.2, 0) is 0 Å². The maximum Gasteiger partial charge on any atom is 0.0468 e. The van der Waals surface area contributed by atoms with Crippen LogP contribution >= 0.6 is 0 Å². The van der Waals surface area contributed by atoms with Crippen LogP contribution in [0.5, 0.6) is 0 Å². The molecule has 0 aliphatic carbocycles. The van der Waals surface area contributed by atoms with Crippen LogP contribution in [0.4, 0.5) is 17.1 Å². The van der Waals surface area contributed by atoms with Crippen molar-refractivity contribution in [1.29, 1.82) is 0 Å². The van der Waals surface area contributed by atoms with E-state index in [4.69, 9.17) is 0 Å². The molecule has 0 aromatic heterocycles. The largest absolute Gasteiger partial charge is 0.310 e. The molecule has 9 aromatic rings. The monoisotopic (exact) mass is 545 g/mol. The summed E-state index contributed by atoms with van der Waals surface area (Å²) >= 11 is 0. The lowest BCUT2D eigenvalue weighted by molar-refractivity contribution is 1.29. The Balaban J connectivity index is 1.49. The Kier molecular flexibility index (Phi) is 5.27. The van der Waals surface area contributed by atoms with Crippen molar-refractivity contribution in [3.8, 4) is 0 Å². The van der Waals surface area contributed by atoms with Crippen LogP contribution in [0.3, 0.4) is 0 Å². The molecule has 200 valence electrons. The highest BCUT2D eigenvalue weighted by Gasteiger charge is 2.18. The van der Waals surface area contributed by atoms with Crippen LogP contribution < -0.4 is 4.90 Å². The topological polar surface area (TPSA) is 3.24 Å². The highest BCUT2D eigenvalue weighted by molar-refractivity contribution is 6.39. The van der Waals surface area contributed by atoms with Crippen molar-refractivity contribution < 1.29 is 0 Å². The number of para-hydroxylation sites is 2. The summed E-state index contributed by atoms with van der Waals surface area (Å²) < 4.78 is 0. The fraction of sp³-hybridized carbons (Fsp3) is 0. The summed E-state index contributed by atoms with van der Waals surface area (Å²) in [4.78, 5) is 2.35. The van der Waals surface area contributed by atoms with E-state index in [1.54, 1.807) is 0 Å². The van der Waals surface area contributed by atoms with E-state index in [2.05, 4.69) is 169 Å². The van der Waals surface area contributed by atoms with E-state index in [0.717, 1.165) is 17.1 Å². The molecule has 9 rings (SSSR count). The Morgan fingerprint density at radius 3 is 1.05 bits per heavy atom. The molecule has 0 fully saturated rings. The maximum absolute atomic E-state index is 2.39. The molecule has 0 bridgehead atoms. The second-order valence-electron chi connectivity index (χ2n) is 11.3. The maximum atomic E-state index is 2.39. The standard InChI is InChI=1S/C42H27N/c1-3-13-28(14-4-1)43(29-15-5-2-6-16-29)30-25-26-35-38-23-11-21-36-33-19-9-7-17-31(33)32-18-8-10-20-34(32)37-22-12-24-39(40(35)27-30)42(37)41(36)38/h1-27H. The third kappa shape index (κ3) is 3.58. The van der Waals surface area contributed by atoms with Gasteiger partial charge in [0, 0.05) is 17.1 Å². The number of benzene rings is 8. The average Bonchev–Trinajstić information content (AvgIpc) is 3.08. The lowest BCUT2D eigenvalue weighted by atomic mass is 9.87. The second-order valence-corrected chi connectivity index (χ2v) is 11.3. The lowest BCUT2D eigenvalue weighted by Crippen LogP contribution is -2.09. The molecule has 1 heteroatoms. The average molecular weight is 546 g/mol. The Morgan fingerprint density at radius 2 is 0.581 bits per heavy atom. The van der Waals surface area contributed by atoms with Crippen LogP contribution in [0.25, 0.3) is 64.6 Å². The molecular formula is C42H27N. The Labute approximate surface area is 249 Å². The fourth-order valence-corrected chi connectivity index (χ4v) is 7.18. The minimum Gasteiger partial charge on any atom is -0.310 e. The summed E-state index contributed by atoms with van der Waals surface area (Å²) in [6, 6.07) is 59.7. The second kappa shape index (κ2) is 9.44. The van der Waals surface area contributed by atoms with Gasteiger partial charge in [-0.15, -0.1) is 0 Å². The van der Waals surface area contributed by atoms with Gasteiger partial charge >= 0.3 is 0 Å². The number of fused-ring (bicyclic) bond motifs is 8. The van der Waals surface area contributed by atoms with Crippen molar-refractivity contribution >= 4 is 81.7 Å². The van der Waals surface area contributed by atoms with Gasteiger partial charge in [-0.05, 0) is 101 Å². The first kappa shape index (κ1) is 24.0. The van der Waals surface area contributed by atoms with Crippen molar-refractivity contribution in [1.82, 2.24) is 0 Å². The summed E-state index contributed by atoms with van der Waals surface area (Å²) in [6.07, 6.45) is 0. The Morgan fingerprint density at radius 1 is 0.233 bits per heavy atom. The van der Waals surface area contributed by atoms with Gasteiger partial charge in [0.25, 0.3) is 0 Å². The van der Waals surface area contributed by atoms with Gasteiger partial charge in [-0.25, -0.2) is 0 Å². The van der Waals surface area contributed by atoms with Gasteiger partial charge in [0.2, 0.25) is 0 Å². The molecule has 0 amide bonds. The first-order chi connectivity index (χ1) is 21.4. The summed E-state index contributed by atoms with van der Waals surface area (Å²) in [5.74, 6) is 0. The number of rotatable bonds is 3. The van der Waals surface area contributed by atoms with E-state index >= 15 is 0 Å². The van der Waals surface area contributed by atoms with Crippen molar-refractivity contribution in [2.24, 2.45) is 0 Å². The fourth-order valence-electron chi connectivity index (χ4n) is 7.18. The predicted molar refractivity (Wildman–Crippen MR) is 186 cm³/mol. The zero-order valence-electron chi connectivity index (χ0n) is 23.5. The highest BCUT2D eigenvalue weighted by Crippen LogP contribution is 2.45. The zero-order chi connectivity index (χ0) is 28.3. The van der Waals surface area contributed by atoms with Crippen LogP contribution in [0.15, 0.2) is 164 Å². The van der Waals surface area contributed by atoms with Crippen LogP contribution in [0, 0.1) is 0 Å². The van der Waals surface area contributed by atoms with E-state index in [0.29, 0.717) is 0 Å². The smallest absolute Gasteiger partial charge is 0.0468 e. The molecule has 0 saturated heterocycles. The summed E-state index contributed by atoms with van der Waals surface area (Å²) in [5, 5.41) is 15.5. The van der Waals surface area contributed by atoms with E-state index in [1.807, 2.05) is 0 Å². The molecule has 9 aromatic carbocycles. The van der Waals surface area contributed by atoms with E-state index < -0.39 is 0 Å². The van der Waals surface area contributed by atoms with Gasteiger partial charge in [-0.3, -0.25) is 0 Å². The van der Waals surface area contributed by atoms with Crippen molar-refractivity contribution in [3.63, 3.8) is 0 Å². The third-order valence-corrected chi connectivity index (χ3v) is 8.97. The molecule has 0 unspecified atom stereocenters. The molecule has 0 spiro atoms. The van der Waals surface area contributed by atoms with Gasteiger partial charge in [0.15, 0.2) is 0 Å². The van der Waals surface area contributed by atoms with E-state index in [-0.39, 0.29) is 0 Å². The number of anilines is 3.